The number of carbonyl (C=O) groups excluding carboxylic acids is 2. The monoisotopic (exact) mass is 209 g/mol. The number of ketones is 1. The third kappa shape index (κ3) is 2.24. The van der Waals surface area contributed by atoms with Crippen LogP contribution in [0.2, 0.25) is 0 Å². The number of rotatable bonds is 1. The normalized spacial score (nSPS) is 28.9. The van der Waals surface area contributed by atoms with Gasteiger partial charge in [-0.3, -0.25) is 9.59 Å². The number of hydrogen-bond donors (Lipinski definition) is 1. The highest BCUT2D eigenvalue weighted by Gasteiger charge is 2.49. The fraction of sp³-hybridized carbons (Fsp3) is 0.750. The molecule has 1 aliphatic rings. The number of primary amides is 1. The van der Waals surface area contributed by atoms with Crippen molar-refractivity contribution in [3.8, 4) is 0 Å². The standard InChI is InChI=1S/C8H10F3NO2/c9-8(10,11)6-2-1-4(13)3-5(6)7(12)14/h5-6H,1-3H2,(H2,12,14). The molecule has 80 valence electrons. The van der Waals surface area contributed by atoms with Crippen molar-refractivity contribution in [2.24, 2.45) is 17.6 Å². The van der Waals surface area contributed by atoms with Gasteiger partial charge >= 0.3 is 6.18 Å². The topological polar surface area (TPSA) is 60.2 Å². The summed E-state index contributed by atoms with van der Waals surface area (Å²) in [5.41, 5.74) is 4.83. The molecular formula is C8H10F3NO2. The first-order valence-corrected chi connectivity index (χ1v) is 4.20. The number of nitrogens with two attached hydrogens (primary N) is 1. The van der Waals surface area contributed by atoms with Crippen LogP contribution in [0.5, 0.6) is 0 Å². The molecule has 2 unspecified atom stereocenters. The van der Waals surface area contributed by atoms with E-state index < -0.39 is 23.9 Å². The molecule has 0 spiro atoms. The lowest BCUT2D eigenvalue weighted by molar-refractivity contribution is -0.197. The number of Topliss-reactive ketones (excluding diaryl/α,β-unsaturated/α-hetero) is 1. The van der Waals surface area contributed by atoms with Gasteiger partial charge in [-0.05, 0) is 6.42 Å². The van der Waals surface area contributed by atoms with Crippen LogP contribution < -0.4 is 5.73 Å². The molecule has 1 amide bonds. The second-order valence-electron chi connectivity index (χ2n) is 3.44. The van der Waals surface area contributed by atoms with Crippen LogP contribution in [0, 0.1) is 11.8 Å². The molecule has 2 N–H and O–H groups in total. The first-order valence-electron chi connectivity index (χ1n) is 4.20. The number of carbonyl (C=O) groups is 2. The zero-order valence-electron chi connectivity index (χ0n) is 7.30. The highest BCUT2D eigenvalue weighted by molar-refractivity contribution is 5.87. The molecular weight excluding hydrogens is 199 g/mol. The average Bonchev–Trinajstić information content (AvgIpc) is 2.01. The van der Waals surface area contributed by atoms with Gasteiger partial charge in [0, 0.05) is 12.8 Å². The zero-order chi connectivity index (χ0) is 10.9. The van der Waals surface area contributed by atoms with Crippen LogP contribution in [-0.2, 0) is 9.59 Å². The largest absolute Gasteiger partial charge is 0.392 e. The minimum atomic E-state index is -4.44. The molecule has 0 aromatic heterocycles. The van der Waals surface area contributed by atoms with Crippen LogP contribution in [0.3, 0.4) is 0 Å². The fourth-order valence-electron chi connectivity index (χ4n) is 1.70. The minimum absolute atomic E-state index is 0.117. The van der Waals surface area contributed by atoms with E-state index in [1.54, 1.807) is 0 Å². The Bertz CT molecular complexity index is 262. The maximum absolute atomic E-state index is 12.4. The van der Waals surface area contributed by atoms with Crippen LogP contribution in [-0.4, -0.2) is 17.9 Å². The molecule has 0 bridgehead atoms. The van der Waals surface area contributed by atoms with Gasteiger partial charge in [-0.2, -0.15) is 13.2 Å². The van der Waals surface area contributed by atoms with Crippen LogP contribution in [0.15, 0.2) is 0 Å². The summed E-state index contributed by atoms with van der Waals surface area (Å²) >= 11 is 0. The number of amides is 1. The van der Waals surface area contributed by atoms with E-state index in [1.165, 1.54) is 0 Å². The average molecular weight is 209 g/mol. The molecule has 3 nitrogen and oxygen atoms in total. The first kappa shape index (κ1) is 11.0. The van der Waals surface area contributed by atoms with Gasteiger partial charge in [-0.1, -0.05) is 0 Å². The van der Waals surface area contributed by atoms with E-state index >= 15 is 0 Å². The van der Waals surface area contributed by atoms with E-state index in [9.17, 15) is 22.8 Å². The summed E-state index contributed by atoms with van der Waals surface area (Å²) in [6.45, 7) is 0. The Kier molecular flexibility index (Phi) is 2.82. The maximum Gasteiger partial charge on any atom is 0.392 e. The summed E-state index contributed by atoms with van der Waals surface area (Å²) in [5, 5.41) is 0. The van der Waals surface area contributed by atoms with Crippen LogP contribution >= 0.6 is 0 Å². The molecule has 0 aromatic rings. The van der Waals surface area contributed by atoms with Gasteiger partial charge in [0.15, 0.2) is 0 Å². The zero-order valence-corrected chi connectivity index (χ0v) is 7.30. The Morgan fingerprint density at radius 3 is 2.43 bits per heavy atom. The lowest BCUT2D eigenvalue weighted by Crippen LogP contribution is -2.42. The smallest absolute Gasteiger partial charge is 0.369 e. The van der Waals surface area contributed by atoms with E-state index in [0.717, 1.165) is 0 Å². The predicted molar refractivity (Wildman–Crippen MR) is 41.1 cm³/mol. The second kappa shape index (κ2) is 3.59. The van der Waals surface area contributed by atoms with Crippen molar-refractivity contribution in [3.05, 3.63) is 0 Å². The lowest BCUT2D eigenvalue weighted by Gasteiger charge is -2.29. The van der Waals surface area contributed by atoms with Gasteiger partial charge < -0.3 is 5.73 Å². The SMILES string of the molecule is NC(=O)C1CC(=O)CCC1C(F)(F)F. The Hall–Kier alpha value is -1.07. The molecule has 0 aliphatic heterocycles. The number of hydrogen-bond acceptors (Lipinski definition) is 2. The molecule has 1 rings (SSSR count). The lowest BCUT2D eigenvalue weighted by atomic mass is 9.78. The molecule has 2 atom stereocenters. The molecule has 0 heterocycles. The summed E-state index contributed by atoms with van der Waals surface area (Å²) in [6, 6.07) is 0. The Morgan fingerprint density at radius 2 is 2.00 bits per heavy atom. The van der Waals surface area contributed by atoms with Gasteiger partial charge in [0.05, 0.1) is 11.8 Å². The van der Waals surface area contributed by atoms with E-state index in [2.05, 4.69) is 0 Å². The van der Waals surface area contributed by atoms with E-state index in [-0.39, 0.29) is 25.0 Å². The Labute approximate surface area is 78.4 Å². The van der Waals surface area contributed by atoms with E-state index in [0.29, 0.717) is 0 Å². The van der Waals surface area contributed by atoms with Crippen molar-refractivity contribution >= 4 is 11.7 Å². The van der Waals surface area contributed by atoms with Gasteiger partial charge in [0.1, 0.15) is 5.78 Å². The van der Waals surface area contributed by atoms with Gasteiger partial charge in [0.2, 0.25) is 5.91 Å². The molecule has 1 aliphatic carbocycles. The summed E-state index contributed by atoms with van der Waals surface area (Å²) in [4.78, 5) is 21.6. The van der Waals surface area contributed by atoms with Crippen LogP contribution in [0.4, 0.5) is 13.2 Å². The quantitative estimate of drug-likeness (QED) is 0.700. The van der Waals surface area contributed by atoms with Gasteiger partial charge in [-0.25, -0.2) is 0 Å². The third-order valence-electron chi connectivity index (χ3n) is 2.45. The van der Waals surface area contributed by atoms with Crippen LogP contribution in [0.25, 0.3) is 0 Å². The molecule has 14 heavy (non-hydrogen) atoms. The highest BCUT2D eigenvalue weighted by atomic mass is 19.4. The number of alkyl halides is 3. The van der Waals surface area contributed by atoms with E-state index in [1.807, 2.05) is 0 Å². The van der Waals surface area contributed by atoms with Crippen molar-refractivity contribution in [1.29, 1.82) is 0 Å². The number of halogens is 3. The van der Waals surface area contributed by atoms with Crippen LogP contribution in [0.1, 0.15) is 19.3 Å². The summed E-state index contributed by atoms with van der Waals surface area (Å²) in [6.07, 6.45) is -5.26. The second-order valence-corrected chi connectivity index (χ2v) is 3.44. The van der Waals surface area contributed by atoms with Crippen molar-refractivity contribution in [3.63, 3.8) is 0 Å². The van der Waals surface area contributed by atoms with Crippen molar-refractivity contribution in [1.82, 2.24) is 0 Å². The molecule has 0 saturated heterocycles. The van der Waals surface area contributed by atoms with Crippen molar-refractivity contribution < 1.29 is 22.8 Å². The van der Waals surface area contributed by atoms with Gasteiger partial charge in [-0.15, -0.1) is 0 Å². The predicted octanol–water partition coefficient (Wildman–Crippen LogP) is 1.02. The maximum atomic E-state index is 12.4. The molecule has 0 aromatic carbocycles. The fourth-order valence-corrected chi connectivity index (χ4v) is 1.70. The molecule has 1 fully saturated rings. The molecule has 6 heteroatoms. The molecule has 0 radical (unpaired) electrons. The van der Waals surface area contributed by atoms with Gasteiger partial charge in [0.25, 0.3) is 0 Å². The third-order valence-corrected chi connectivity index (χ3v) is 2.45. The summed E-state index contributed by atoms with van der Waals surface area (Å²) in [7, 11) is 0. The Balaban J connectivity index is 2.83. The summed E-state index contributed by atoms with van der Waals surface area (Å²) < 4.78 is 37.1. The van der Waals surface area contributed by atoms with E-state index in [4.69, 9.17) is 5.73 Å². The van der Waals surface area contributed by atoms with Crippen molar-refractivity contribution in [2.45, 2.75) is 25.4 Å². The first-order chi connectivity index (χ1) is 6.32. The summed E-state index contributed by atoms with van der Waals surface area (Å²) in [5.74, 6) is -4.50. The minimum Gasteiger partial charge on any atom is -0.369 e. The highest BCUT2D eigenvalue weighted by Crippen LogP contribution is 2.40. The molecule has 1 saturated carbocycles. The Morgan fingerprint density at radius 1 is 1.43 bits per heavy atom. The van der Waals surface area contributed by atoms with Crippen molar-refractivity contribution in [2.75, 3.05) is 0 Å².